The number of anilines is 2. The Bertz CT molecular complexity index is 610. The normalized spacial score (nSPS) is 12.2. The van der Waals surface area contributed by atoms with Gasteiger partial charge in [-0.2, -0.15) is 24.7 Å². The Hall–Kier alpha value is -2.82. The van der Waals surface area contributed by atoms with Crippen molar-refractivity contribution >= 4 is 17.8 Å². The number of carbonyl (C=O) groups excluding carboxylic acids is 1. The number of rotatable bonds is 6. The van der Waals surface area contributed by atoms with Crippen LogP contribution in [-0.2, 0) is 4.79 Å². The molecule has 112 valence electrons. The maximum absolute atomic E-state index is 11.4. The largest absolute Gasteiger partial charge is 0.368 e. The smallest absolute Gasteiger partial charge is 0.258 e. The zero-order valence-electron chi connectivity index (χ0n) is 11.6. The number of nitrogen functional groups attached to an aromatic ring is 1. The summed E-state index contributed by atoms with van der Waals surface area (Å²) in [5.74, 6) is 5.25. The second-order valence-electron chi connectivity index (χ2n) is 4.54. The van der Waals surface area contributed by atoms with Crippen LogP contribution in [0.2, 0.25) is 0 Å². The second kappa shape index (κ2) is 6.09. The zero-order valence-corrected chi connectivity index (χ0v) is 11.6. The van der Waals surface area contributed by atoms with Crippen molar-refractivity contribution in [3.8, 4) is 5.95 Å². The van der Waals surface area contributed by atoms with Crippen LogP contribution in [0.25, 0.3) is 5.95 Å². The first-order valence-electron chi connectivity index (χ1n) is 6.14. The van der Waals surface area contributed by atoms with Crippen LogP contribution in [0.3, 0.4) is 0 Å². The Morgan fingerprint density at radius 2 is 2.00 bits per heavy atom. The highest BCUT2D eigenvalue weighted by Crippen LogP contribution is 2.11. The summed E-state index contributed by atoms with van der Waals surface area (Å²) >= 11 is 0. The van der Waals surface area contributed by atoms with Crippen molar-refractivity contribution in [1.82, 2.24) is 29.7 Å². The van der Waals surface area contributed by atoms with Crippen molar-refractivity contribution in [3.63, 3.8) is 0 Å². The summed E-state index contributed by atoms with van der Waals surface area (Å²) in [5, 5.41) is 6.78. The number of amides is 1. The van der Waals surface area contributed by atoms with E-state index in [4.69, 9.17) is 11.6 Å². The van der Waals surface area contributed by atoms with Gasteiger partial charge in [-0.05, 0) is 5.92 Å². The first-order valence-corrected chi connectivity index (χ1v) is 6.14. The number of hydrogen-bond donors (Lipinski definition) is 4. The molecule has 2 aromatic rings. The van der Waals surface area contributed by atoms with Gasteiger partial charge < -0.3 is 11.1 Å². The molecule has 1 unspecified atom stereocenters. The number of carbonyl (C=O) groups is 1. The molecule has 0 saturated heterocycles. The summed E-state index contributed by atoms with van der Waals surface area (Å²) in [4.78, 5) is 27.5. The molecule has 1 atom stereocenters. The first-order chi connectivity index (χ1) is 10.0. The van der Waals surface area contributed by atoms with Gasteiger partial charge in [-0.25, -0.2) is 10.8 Å². The average molecular weight is 292 g/mol. The quantitative estimate of drug-likeness (QED) is 0.372. The predicted octanol–water partition coefficient (Wildman–Crippen LogP) is -1.34. The Kier molecular flexibility index (Phi) is 4.23. The molecule has 0 radical (unpaired) electrons. The number of aromatic nitrogens is 6. The molecule has 1 amide bonds. The van der Waals surface area contributed by atoms with Crippen molar-refractivity contribution in [1.29, 1.82) is 0 Å². The summed E-state index contributed by atoms with van der Waals surface area (Å²) in [5.41, 5.74) is 7.67. The summed E-state index contributed by atoms with van der Waals surface area (Å²) < 4.78 is 1.34. The maximum Gasteiger partial charge on any atom is 0.258 e. The van der Waals surface area contributed by atoms with E-state index in [1.54, 1.807) is 0 Å². The summed E-state index contributed by atoms with van der Waals surface area (Å²) in [6, 6.07) is -0.623. The van der Waals surface area contributed by atoms with Gasteiger partial charge in [0.05, 0.1) is 0 Å². The summed E-state index contributed by atoms with van der Waals surface area (Å²) in [7, 11) is 0. The van der Waals surface area contributed by atoms with Crippen LogP contribution in [0.4, 0.5) is 11.9 Å². The van der Waals surface area contributed by atoms with Gasteiger partial charge in [0, 0.05) is 0 Å². The van der Waals surface area contributed by atoms with Gasteiger partial charge in [-0.3, -0.25) is 10.2 Å². The lowest BCUT2D eigenvalue weighted by molar-refractivity contribution is -0.119. The molecule has 2 heterocycles. The van der Waals surface area contributed by atoms with E-state index in [2.05, 4.69) is 35.8 Å². The van der Waals surface area contributed by atoms with Crippen LogP contribution in [0, 0.1) is 5.92 Å². The number of hydrazine groups is 1. The highest BCUT2D eigenvalue weighted by atomic mass is 16.1. The molecule has 11 heteroatoms. The van der Waals surface area contributed by atoms with Crippen molar-refractivity contribution in [2.24, 2.45) is 17.5 Å². The molecular weight excluding hydrogens is 276 g/mol. The van der Waals surface area contributed by atoms with Crippen molar-refractivity contribution < 1.29 is 4.79 Å². The van der Waals surface area contributed by atoms with E-state index in [-0.39, 0.29) is 23.8 Å². The third-order valence-electron chi connectivity index (χ3n) is 2.63. The number of nitrogens with two attached hydrogens (primary N) is 2. The number of hydrogen-bond acceptors (Lipinski definition) is 9. The monoisotopic (exact) mass is 292 g/mol. The van der Waals surface area contributed by atoms with Gasteiger partial charge >= 0.3 is 0 Å². The minimum absolute atomic E-state index is 0.0385. The van der Waals surface area contributed by atoms with Crippen LogP contribution < -0.4 is 22.3 Å². The van der Waals surface area contributed by atoms with Crippen molar-refractivity contribution in [2.45, 2.75) is 19.9 Å². The van der Waals surface area contributed by atoms with Crippen LogP contribution in [0.15, 0.2) is 12.7 Å². The topological polar surface area (TPSA) is 163 Å². The number of nitrogens with zero attached hydrogens (tertiary/aromatic N) is 6. The molecule has 21 heavy (non-hydrogen) atoms. The average Bonchev–Trinajstić information content (AvgIpc) is 2.98. The Balaban J connectivity index is 2.35. The van der Waals surface area contributed by atoms with E-state index < -0.39 is 11.9 Å². The molecule has 0 fully saturated rings. The fourth-order valence-corrected chi connectivity index (χ4v) is 1.61. The molecule has 6 N–H and O–H groups in total. The lowest BCUT2D eigenvalue weighted by Crippen LogP contribution is -2.40. The van der Waals surface area contributed by atoms with Crippen LogP contribution in [-0.4, -0.2) is 41.7 Å². The Labute approximate surface area is 120 Å². The lowest BCUT2D eigenvalue weighted by Gasteiger charge is -2.19. The molecule has 0 bridgehead atoms. The van der Waals surface area contributed by atoms with E-state index in [1.165, 1.54) is 17.3 Å². The third kappa shape index (κ3) is 3.39. The summed E-state index contributed by atoms with van der Waals surface area (Å²) in [6.45, 7) is 3.70. The van der Waals surface area contributed by atoms with Gasteiger partial charge in [0.2, 0.25) is 17.8 Å². The molecule has 2 aromatic heterocycles. The molecule has 0 aromatic carbocycles. The lowest BCUT2D eigenvalue weighted by atomic mass is 10.0. The van der Waals surface area contributed by atoms with E-state index in [1.807, 2.05) is 13.8 Å². The highest BCUT2D eigenvalue weighted by Gasteiger charge is 2.21. The molecule has 2 rings (SSSR count). The maximum atomic E-state index is 11.4. The predicted molar refractivity (Wildman–Crippen MR) is 74.0 cm³/mol. The molecule has 0 aliphatic heterocycles. The third-order valence-corrected chi connectivity index (χ3v) is 2.63. The molecule has 11 nitrogen and oxygen atoms in total. The van der Waals surface area contributed by atoms with Crippen molar-refractivity contribution in [2.75, 3.05) is 10.7 Å². The number of primary amides is 1. The minimum Gasteiger partial charge on any atom is -0.368 e. The second-order valence-corrected chi connectivity index (χ2v) is 4.54. The van der Waals surface area contributed by atoms with Gasteiger partial charge in [0.15, 0.2) is 0 Å². The molecule has 0 aliphatic rings. The van der Waals surface area contributed by atoms with Crippen LogP contribution in [0.5, 0.6) is 0 Å². The van der Waals surface area contributed by atoms with Gasteiger partial charge in [-0.1, -0.05) is 13.8 Å². The van der Waals surface area contributed by atoms with Gasteiger partial charge in [-0.15, -0.1) is 0 Å². The Morgan fingerprint density at radius 3 is 2.52 bits per heavy atom. The van der Waals surface area contributed by atoms with Gasteiger partial charge in [0.25, 0.3) is 5.95 Å². The van der Waals surface area contributed by atoms with E-state index in [0.717, 1.165) is 0 Å². The SMILES string of the molecule is CC(C)C(Nc1nc(NN)nc(-n2cncn2)n1)C(N)=O. The number of nitrogens with one attached hydrogen (secondary N) is 2. The Morgan fingerprint density at radius 1 is 1.29 bits per heavy atom. The summed E-state index contributed by atoms with van der Waals surface area (Å²) in [6.07, 6.45) is 2.76. The van der Waals surface area contributed by atoms with Crippen molar-refractivity contribution in [3.05, 3.63) is 12.7 Å². The minimum atomic E-state index is -0.623. The van der Waals surface area contributed by atoms with E-state index in [9.17, 15) is 4.79 Å². The van der Waals surface area contributed by atoms with E-state index >= 15 is 0 Å². The van der Waals surface area contributed by atoms with Crippen LogP contribution >= 0.6 is 0 Å². The fourth-order valence-electron chi connectivity index (χ4n) is 1.61. The van der Waals surface area contributed by atoms with Gasteiger partial charge in [0.1, 0.15) is 18.7 Å². The fraction of sp³-hybridized carbons (Fsp3) is 0.400. The zero-order chi connectivity index (χ0) is 15.4. The first kappa shape index (κ1) is 14.6. The highest BCUT2D eigenvalue weighted by molar-refractivity contribution is 5.82. The molecule has 0 spiro atoms. The molecular formula is C10H16N10O. The molecule has 0 saturated carbocycles. The molecule has 0 aliphatic carbocycles. The standard InChI is InChI=1S/C10H16N10O/c1-5(2)6(7(11)21)15-8-16-9(19-12)18-10(17-8)20-4-13-3-14-20/h3-6H,12H2,1-2H3,(H2,11,21)(H2,15,16,17,18,19). The van der Waals surface area contributed by atoms with Crippen LogP contribution in [0.1, 0.15) is 13.8 Å². The van der Waals surface area contributed by atoms with E-state index in [0.29, 0.717) is 0 Å².